The van der Waals surface area contributed by atoms with Gasteiger partial charge in [-0.05, 0) is 73.1 Å². The van der Waals surface area contributed by atoms with Crippen molar-refractivity contribution in [3.05, 3.63) is 0 Å². The summed E-state index contributed by atoms with van der Waals surface area (Å²) in [6.07, 6.45) is 6.62. The second-order valence-corrected chi connectivity index (χ2v) is 6.49. The highest BCUT2D eigenvalue weighted by molar-refractivity contribution is 8.06. The first-order valence-corrected chi connectivity index (χ1v) is 9.72. The van der Waals surface area contributed by atoms with Crippen LogP contribution in [0.25, 0.3) is 0 Å². The minimum Gasteiger partial charge on any atom is -0.393 e. The third-order valence-electron chi connectivity index (χ3n) is 3.31. The molecule has 132 valence electrons. The Balaban J connectivity index is 0. The fourth-order valence-corrected chi connectivity index (χ4v) is 2.47. The molecule has 3 nitrogen and oxygen atoms in total. The van der Waals surface area contributed by atoms with Crippen LogP contribution in [0, 0.1) is 0 Å². The summed E-state index contributed by atoms with van der Waals surface area (Å²) in [7, 11) is -0.844. The van der Waals surface area contributed by atoms with Crippen molar-refractivity contribution >= 4 is 38.8 Å². The van der Waals surface area contributed by atoms with Crippen molar-refractivity contribution in [2.24, 2.45) is 0 Å². The number of rotatable bonds is 15. The first kappa shape index (κ1) is 17.5. The molecular weight excluding hydrogens is 314 g/mol. The van der Waals surface area contributed by atoms with Crippen LogP contribution in [0.1, 0.15) is 65.2 Å². The van der Waals surface area contributed by atoms with Crippen molar-refractivity contribution in [3.63, 3.8) is 0 Å². The van der Waals surface area contributed by atoms with Gasteiger partial charge in [-0.2, -0.15) is 0 Å². The lowest BCUT2D eigenvalue weighted by molar-refractivity contribution is 0.121. The van der Waals surface area contributed by atoms with E-state index in [1.807, 2.05) is 6.92 Å². The van der Waals surface area contributed by atoms with E-state index >= 15 is 0 Å². The smallest absolute Gasteiger partial charge is 0.210 e. The van der Waals surface area contributed by atoms with E-state index in [0.29, 0.717) is 5.65 Å². The van der Waals surface area contributed by atoms with Crippen LogP contribution in [0.3, 0.4) is 0 Å². The first-order valence-electron chi connectivity index (χ1n) is 10.4. The molecule has 0 saturated carbocycles. The minimum absolute atomic E-state index is 0.0139. The summed E-state index contributed by atoms with van der Waals surface area (Å²) in [5, 5.41) is 14.5. The summed E-state index contributed by atoms with van der Waals surface area (Å²) in [5.41, 5.74) is 0.371. The van der Waals surface area contributed by atoms with Gasteiger partial charge in [0.2, 0.25) is 1.43 Å². The fraction of sp³-hybridized carbons (Fsp3) is 1.00. The highest BCUT2D eigenvalue weighted by atomic mass is 32.2. The minimum atomic E-state index is -0.844. The lowest BCUT2D eigenvalue weighted by Crippen LogP contribution is -2.12. The first-order chi connectivity index (χ1) is 12.3. The van der Waals surface area contributed by atoms with Gasteiger partial charge in [0.05, 0.1) is 18.3 Å². The van der Waals surface area contributed by atoms with Crippen molar-refractivity contribution in [2.45, 2.75) is 90.3 Å². The molecule has 0 aromatic carbocycles. The Morgan fingerprint density at radius 2 is 1.95 bits per heavy atom. The molecule has 7 heteroatoms. The van der Waals surface area contributed by atoms with Crippen LogP contribution in [-0.4, -0.2) is 53.9 Å². The molecule has 0 aliphatic carbocycles. The Kier molecular flexibility index (Phi) is 15.7. The molecule has 0 aliphatic heterocycles. The van der Waals surface area contributed by atoms with E-state index in [1.54, 1.807) is 6.82 Å². The lowest BCUT2D eigenvalue weighted by Gasteiger charge is -2.16. The van der Waals surface area contributed by atoms with E-state index in [4.69, 9.17) is 9.62 Å². The van der Waals surface area contributed by atoms with Crippen LogP contribution in [0.4, 0.5) is 0 Å². The monoisotopic (exact) mass is 356 g/mol. The number of aliphatic hydroxyl groups excluding tert-OH is 2. The van der Waals surface area contributed by atoms with E-state index in [1.165, 1.54) is 12.0 Å². The Hall–Kier alpha value is 0.710. The molecule has 0 saturated heterocycles. The van der Waals surface area contributed by atoms with Crippen LogP contribution in [0.5, 0.6) is 0 Å². The van der Waals surface area contributed by atoms with Crippen molar-refractivity contribution in [1.82, 2.24) is 0 Å². The molecule has 0 fully saturated rings. The van der Waals surface area contributed by atoms with Crippen molar-refractivity contribution < 1.29 is 14.4 Å². The zero-order valence-corrected chi connectivity index (χ0v) is 16.1. The van der Waals surface area contributed by atoms with Crippen LogP contribution in [0.15, 0.2) is 0 Å². The second-order valence-electron chi connectivity index (χ2n) is 5.22. The van der Waals surface area contributed by atoms with Gasteiger partial charge in [0.1, 0.15) is 7.77 Å². The van der Waals surface area contributed by atoms with Crippen LogP contribution < -0.4 is 0 Å². The summed E-state index contributed by atoms with van der Waals surface area (Å²) >= 11 is 4.84. The van der Waals surface area contributed by atoms with Gasteiger partial charge < -0.3 is 14.4 Å². The molecular formula is C15H36B2O3S2. The van der Waals surface area contributed by atoms with E-state index in [2.05, 4.69) is 24.5 Å². The molecule has 0 aliphatic rings. The lowest BCUT2D eigenvalue weighted by atomic mass is 10.0. The molecule has 0 amide bonds. The molecule has 0 bridgehead atoms. The van der Waals surface area contributed by atoms with Crippen molar-refractivity contribution in [1.29, 1.82) is 5.44 Å². The number of hydrogen-bond donors (Lipinski definition) is 3. The largest absolute Gasteiger partial charge is 0.393 e. The molecule has 0 radical (unpaired) electrons. The summed E-state index contributed by atoms with van der Waals surface area (Å²) in [6, 6.07) is 0. The summed E-state index contributed by atoms with van der Waals surface area (Å²) in [6.45, 7) is 5.54. The summed E-state index contributed by atoms with van der Waals surface area (Å²) < 4.78 is 33.2. The van der Waals surface area contributed by atoms with Crippen LogP contribution in [0.2, 0.25) is 6.82 Å². The molecule has 0 spiro atoms. The molecule has 3 atom stereocenters. The van der Waals surface area contributed by atoms with Gasteiger partial charge in [-0.3, -0.25) is 0 Å². The van der Waals surface area contributed by atoms with Crippen LogP contribution >= 0.6 is 24.5 Å². The van der Waals surface area contributed by atoms with Crippen molar-refractivity contribution in [3.8, 4) is 0 Å². The third kappa shape index (κ3) is 18.8. The zero-order valence-electron chi connectivity index (χ0n) is 18.4. The molecule has 0 aromatic heterocycles. The maximum atomic E-state index is 9.96. The average Bonchev–Trinajstić information content (AvgIpc) is 2.56. The quantitative estimate of drug-likeness (QED) is 0.240. The van der Waals surface area contributed by atoms with Gasteiger partial charge in [-0.1, -0.05) is 20.7 Å². The predicted octanol–water partition coefficient (Wildman–Crippen LogP) is 2.81. The van der Waals surface area contributed by atoms with Crippen molar-refractivity contribution in [2.75, 3.05) is 5.65 Å². The predicted molar refractivity (Wildman–Crippen MR) is 108 cm³/mol. The highest BCUT2D eigenvalue weighted by Crippen LogP contribution is 2.17. The fourth-order valence-electron chi connectivity index (χ4n) is 1.97. The highest BCUT2D eigenvalue weighted by Gasteiger charge is 2.10. The van der Waals surface area contributed by atoms with Gasteiger partial charge >= 0.3 is 0 Å². The molecule has 0 rings (SSSR count). The van der Waals surface area contributed by atoms with Gasteiger partial charge in [-0.25, -0.2) is 12.5 Å². The Bertz CT molecular complexity index is 293. The third-order valence-corrected chi connectivity index (χ3v) is 3.85. The molecule has 1 unspecified atom stereocenters. The van der Waals surface area contributed by atoms with Crippen LogP contribution in [-0.2, 0) is 4.18 Å². The number of hydrogen-bond acceptors (Lipinski definition) is 5. The Labute approximate surface area is 155 Å². The zero-order chi connectivity index (χ0) is 20.4. The summed E-state index contributed by atoms with van der Waals surface area (Å²) in [4.78, 5) is 0. The van der Waals surface area contributed by atoms with E-state index < -0.39 is 7.77 Å². The van der Waals surface area contributed by atoms with Gasteiger partial charge in [0.25, 0.3) is 0 Å². The Morgan fingerprint density at radius 1 is 1.36 bits per heavy atom. The second kappa shape index (κ2) is 19.8. The van der Waals surface area contributed by atoms with Gasteiger partial charge in [0, 0.05) is 0 Å². The molecule has 0 heterocycles. The maximum Gasteiger partial charge on any atom is 0.210 e. The number of aliphatic hydroxyl groups is 2. The SMILES string of the molecule is [2H]B(C)S.[2H]B([3H])CSO[C@@H](CC)CCCC(O)CCC[C@H](CC)O[3H]. The van der Waals surface area contributed by atoms with Gasteiger partial charge in [-0.15, -0.1) is 0 Å². The molecule has 2 N–H and O–H groups in total. The normalized spacial score (nSPS) is 17.0. The standard InChI is InChI=1S/C14H31BO3S.CH5BS/c1-3-12(16)7-5-8-13(17)9-6-10-14(4-2)18-19-11-15;1-2-3/h12-14,16-17H,3-11,15H2,1-2H3;2-3H,1H3/t12-,13?,14-;/m0./s1/i15TD,16T;2D. The summed E-state index contributed by atoms with van der Waals surface area (Å²) in [5.74, 6) is 0. The molecule has 0 aromatic rings. The van der Waals surface area contributed by atoms with Gasteiger partial charge in [0.15, 0.2) is 6.52 Å². The van der Waals surface area contributed by atoms with E-state index in [9.17, 15) is 5.11 Å². The Morgan fingerprint density at radius 3 is 2.45 bits per heavy atom. The molecule has 22 heavy (non-hydrogen) atoms. The topological polar surface area (TPSA) is 49.7 Å². The average molecular weight is 356 g/mol. The number of thiol groups is 1. The van der Waals surface area contributed by atoms with E-state index in [0.717, 1.165) is 51.4 Å². The van der Waals surface area contributed by atoms with E-state index in [-0.39, 0.29) is 24.8 Å². The maximum absolute atomic E-state index is 9.96.